The lowest BCUT2D eigenvalue weighted by molar-refractivity contribution is 0.113. The summed E-state index contributed by atoms with van der Waals surface area (Å²) in [6.45, 7) is 14.5. The number of hydrogen-bond acceptors (Lipinski definition) is 1. The number of aliphatic hydroxyl groups is 1. The minimum absolute atomic E-state index is 0.144. The fraction of sp³-hybridized carbons (Fsp3) is 0.724. The van der Waals surface area contributed by atoms with Crippen LogP contribution in [0.4, 0.5) is 0 Å². The van der Waals surface area contributed by atoms with Gasteiger partial charge in [-0.05, 0) is 91.1 Å². The minimum atomic E-state index is -0.144. The summed E-state index contributed by atoms with van der Waals surface area (Å²) in [4.78, 5) is 0. The summed E-state index contributed by atoms with van der Waals surface area (Å²) in [5, 5.41) is 10.2. The molecule has 0 bridgehead atoms. The van der Waals surface area contributed by atoms with Crippen LogP contribution in [0.15, 0.2) is 47.1 Å². The Balaban J connectivity index is 1.59. The molecule has 0 radical (unpaired) electrons. The van der Waals surface area contributed by atoms with Crippen LogP contribution in [0.25, 0.3) is 0 Å². The second-order valence-electron chi connectivity index (χ2n) is 11.7. The lowest BCUT2D eigenvalue weighted by Crippen LogP contribution is -2.41. The van der Waals surface area contributed by atoms with Crippen molar-refractivity contribution < 1.29 is 5.11 Å². The van der Waals surface area contributed by atoms with Crippen LogP contribution in [0.5, 0.6) is 0 Å². The predicted molar refractivity (Wildman–Crippen MR) is 128 cm³/mol. The van der Waals surface area contributed by atoms with E-state index in [1.165, 1.54) is 31.3 Å². The summed E-state index contributed by atoms with van der Waals surface area (Å²) < 4.78 is 0. The Morgan fingerprint density at radius 1 is 1.10 bits per heavy atom. The highest BCUT2D eigenvalue weighted by molar-refractivity contribution is 5.53. The molecular weight excluding hydrogens is 364 g/mol. The van der Waals surface area contributed by atoms with Gasteiger partial charge < -0.3 is 5.11 Å². The molecule has 166 valence electrons. The molecule has 2 fully saturated rings. The van der Waals surface area contributed by atoms with Crippen LogP contribution in [-0.4, -0.2) is 11.2 Å². The Morgan fingerprint density at radius 3 is 2.57 bits per heavy atom. The zero-order chi connectivity index (χ0) is 21.7. The molecule has 0 amide bonds. The zero-order valence-electron chi connectivity index (χ0n) is 20.2. The summed E-state index contributed by atoms with van der Waals surface area (Å²) in [5.74, 6) is 3.56. The molecule has 0 aromatic carbocycles. The monoisotopic (exact) mass is 408 g/mol. The average molecular weight is 409 g/mol. The van der Waals surface area contributed by atoms with Crippen molar-refractivity contribution >= 4 is 0 Å². The first-order valence-electron chi connectivity index (χ1n) is 12.7. The van der Waals surface area contributed by atoms with Gasteiger partial charge in [-0.15, -0.1) is 0 Å². The minimum Gasteiger partial charge on any atom is -0.393 e. The Hall–Kier alpha value is -1.08. The van der Waals surface area contributed by atoms with E-state index >= 15 is 0 Å². The van der Waals surface area contributed by atoms with Gasteiger partial charge in [0.2, 0.25) is 0 Å². The molecule has 30 heavy (non-hydrogen) atoms. The third-order valence-corrected chi connectivity index (χ3v) is 9.67. The number of hydrogen-bond donors (Lipinski definition) is 1. The molecule has 1 heteroatoms. The molecule has 4 aliphatic rings. The maximum atomic E-state index is 10.2. The second-order valence-corrected chi connectivity index (χ2v) is 11.7. The van der Waals surface area contributed by atoms with Gasteiger partial charge in [0.05, 0.1) is 6.10 Å². The van der Waals surface area contributed by atoms with Gasteiger partial charge in [0, 0.05) is 5.41 Å². The first-order chi connectivity index (χ1) is 14.2. The van der Waals surface area contributed by atoms with Crippen LogP contribution < -0.4 is 0 Å². The van der Waals surface area contributed by atoms with E-state index in [1.54, 1.807) is 11.1 Å². The van der Waals surface area contributed by atoms with Crippen molar-refractivity contribution in [2.75, 3.05) is 0 Å². The van der Waals surface area contributed by atoms with Crippen LogP contribution in [-0.2, 0) is 0 Å². The van der Waals surface area contributed by atoms with E-state index in [0.717, 1.165) is 31.1 Å². The van der Waals surface area contributed by atoms with Gasteiger partial charge >= 0.3 is 0 Å². The van der Waals surface area contributed by atoms with Crippen LogP contribution in [0.2, 0.25) is 0 Å². The Morgan fingerprint density at radius 2 is 1.87 bits per heavy atom. The summed E-state index contributed by atoms with van der Waals surface area (Å²) >= 11 is 0. The quantitative estimate of drug-likeness (QED) is 0.463. The Kier molecular flexibility index (Phi) is 5.99. The molecule has 4 aliphatic carbocycles. The van der Waals surface area contributed by atoms with Gasteiger partial charge in [0.15, 0.2) is 0 Å². The molecule has 0 aromatic heterocycles. The summed E-state index contributed by atoms with van der Waals surface area (Å²) in [6, 6.07) is 0. The van der Waals surface area contributed by atoms with E-state index in [0.29, 0.717) is 23.2 Å². The Labute approximate surface area is 185 Å². The number of allylic oxidation sites excluding steroid dienone is 7. The lowest BCUT2D eigenvalue weighted by atomic mass is 9.54. The second kappa shape index (κ2) is 8.12. The summed E-state index contributed by atoms with van der Waals surface area (Å²) in [6.07, 6.45) is 20.4. The molecular formula is C29H44O. The molecule has 7 unspecified atom stereocenters. The van der Waals surface area contributed by atoms with Crippen LogP contribution in [0, 0.1) is 40.4 Å². The van der Waals surface area contributed by atoms with Gasteiger partial charge in [0.25, 0.3) is 0 Å². The van der Waals surface area contributed by atoms with Gasteiger partial charge in [-0.1, -0.05) is 77.5 Å². The highest BCUT2D eigenvalue weighted by atomic mass is 16.3. The van der Waals surface area contributed by atoms with Crippen molar-refractivity contribution in [3.8, 4) is 0 Å². The normalized spacial score (nSPS) is 40.3. The largest absolute Gasteiger partial charge is 0.393 e. The van der Waals surface area contributed by atoms with E-state index in [9.17, 15) is 5.11 Å². The molecule has 0 heterocycles. The van der Waals surface area contributed by atoms with Crippen molar-refractivity contribution in [3.05, 3.63) is 47.1 Å². The van der Waals surface area contributed by atoms with Crippen LogP contribution in [0.3, 0.4) is 0 Å². The molecule has 7 atom stereocenters. The molecule has 1 N–H and O–H groups in total. The summed E-state index contributed by atoms with van der Waals surface area (Å²) in [5.41, 5.74) is 5.27. The third-order valence-electron chi connectivity index (χ3n) is 9.67. The molecule has 0 spiro atoms. The van der Waals surface area contributed by atoms with Crippen LogP contribution >= 0.6 is 0 Å². The van der Waals surface area contributed by atoms with E-state index < -0.39 is 0 Å². The van der Waals surface area contributed by atoms with Crippen molar-refractivity contribution in [1.82, 2.24) is 0 Å². The highest BCUT2D eigenvalue weighted by Crippen LogP contribution is 2.63. The van der Waals surface area contributed by atoms with Crippen molar-refractivity contribution in [2.24, 2.45) is 40.4 Å². The molecule has 0 aromatic rings. The number of fused-ring (bicyclic) bond motifs is 5. The SMILES string of the molecule is CCC(C=CC(C)C1CCC2C3=CC=C4CC(O)CCC4(C)C3=CCC21C)C(C)C. The fourth-order valence-corrected chi connectivity index (χ4v) is 7.54. The predicted octanol–water partition coefficient (Wildman–Crippen LogP) is 7.64. The maximum Gasteiger partial charge on any atom is 0.0578 e. The van der Waals surface area contributed by atoms with Crippen molar-refractivity contribution in [3.63, 3.8) is 0 Å². The fourth-order valence-electron chi connectivity index (χ4n) is 7.54. The van der Waals surface area contributed by atoms with Crippen molar-refractivity contribution in [1.29, 1.82) is 0 Å². The van der Waals surface area contributed by atoms with Gasteiger partial charge in [-0.25, -0.2) is 0 Å². The molecule has 0 saturated heterocycles. The number of aliphatic hydroxyl groups excluding tert-OH is 1. The average Bonchev–Trinajstić information content (AvgIpc) is 3.06. The summed E-state index contributed by atoms with van der Waals surface area (Å²) in [7, 11) is 0. The maximum absolute atomic E-state index is 10.2. The van der Waals surface area contributed by atoms with E-state index in [-0.39, 0.29) is 11.5 Å². The number of rotatable bonds is 5. The highest BCUT2D eigenvalue weighted by Gasteiger charge is 2.54. The third kappa shape index (κ3) is 3.50. The van der Waals surface area contributed by atoms with Gasteiger partial charge in [0.1, 0.15) is 0 Å². The lowest BCUT2D eigenvalue weighted by Gasteiger charge is -2.50. The standard InChI is InChI=1S/C29H44O/c1-7-21(19(2)3)9-8-20(4)25-12-13-26-24-11-10-22-18-23(30)14-16-28(22,5)27(24)15-17-29(25,26)6/h8-11,15,19-21,23,25-26,30H,7,12-14,16-18H2,1-6H3. The smallest absolute Gasteiger partial charge is 0.0578 e. The van der Waals surface area contributed by atoms with Gasteiger partial charge in [-0.2, -0.15) is 0 Å². The molecule has 4 rings (SSSR count). The van der Waals surface area contributed by atoms with E-state index in [2.05, 4.69) is 71.9 Å². The van der Waals surface area contributed by atoms with Crippen molar-refractivity contribution in [2.45, 2.75) is 92.6 Å². The molecule has 1 nitrogen and oxygen atoms in total. The zero-order valence-corrected chi connectivity index (χ0v) is 20.2. The topological polar surface area (TPSA) is 20.2 Å². The molecule has 0 aliphatic heterocycles. The first kappa shape index (κ1) is 22.1. The van der Waals surface area contributed by atoms with Crippen LogP contribution in [0.1, 0.15) is 86.5 Å². The Bertz CT molecular complexity index is 780. The van der Waals surface area contributed by atoms with E-state index in [4.69, 9.17) is 0 Å². The molecule has 2 saturated carbocycles. The first-order valence-corrected chi connectivity index (χ1v) is 12.7. The van der Waals surface area contributed by atoms with Gasteiger partial charge in [-0.3, -0.25) is 0 Å². The van der Waals surface area contributed by atoms with E-state index in [1.807, 2.05) is 0 Å².